The van der Waals surface area contributed by atoms with Crippen LogP contribution >= 0.6 is 11.8 Å². The lowest BCUT2D eigenvalue weighted by molar-refractivity contribution is 0.508. The monoisotopic (exact) mass is 260 g/mol. The van der Waals surface area contributed by atoms with Crippen LogP contribution in [0.4, 0.5) is 5.69 Å². The zero-order chi connectivity index (χ0) is 12.6. The molecular formula is C15H20N2S. The summed E-state index contributed by atoms with van der Waals surface area (Å²) in [5.41, 5.74) is 4.05. The van der Waals surface area contributed by atoms with Crippen molar-refractivity contribution in [2.24, 2.45) is 4.99 Å². The summed E-state index contributed by atoms with van der Waals surface area (Å²) in [5, 5.41) is 4.60. The van der Waals surface area contributed by atoms with Gasteiger partial charge in [0.25, 0.3) is 0 Å². The molecule has 1 spiro atoms. The molecule has 96 valence electrons. The number of nitrogens with zero attached hydrogens (tertiary/aromatic N) is 1. The number of rotatable bonds is 1. The van der Waals surface area contributed by atoms with Gasteiger partial charge in [-0.3, -0.25) is 4.99 Å². The Labute approximate surface area is 113 Å². The number of anilines is 1. The van der Waals surface area contributed by atoms with E-state index >= 15 is 0 Å². The Hall–Kier alpha value is -0.960. The van der Waals surface area contributed by atoms with E-state index in [1.54, 1.807) is 0 Å². The molecule has 0 amide bonds. The lowest BCUT2D eigenvalue weighted by Gasteiger charge is -2.16. The van der Waals surface area contributed by atoms with Gasteiger partial charge in [0.1, 0.15) is 0 Å². The van der Waals surface area contributed by atoms with Crippen LogP contribution in [0, 0.1) is 13.8 Å². The van der Waals surface area contributed by atoms with Gasteiger partial charge >= 0.3 is 0 Å². The van der Waals surface area contributed by atoms with Gasteiger partial charge in [-0.05, 0) is 49.9 Å². The summed E-state index contributed by atoms with van der Waals surface area (Å²) in [6.07, 6.45) is 5.25. The summed E-state index contributed by atoms with van der Waals surface area (Å²) in [7, 11) is 0. The van der Waals surface area contributed by atoms with E-state index in [1.807, 2.05) is 11.8 Å². The maximum Gasteiger partial charge on any atom is 0.161 e. The van der Waals surface area contributed by atoms with Gasteiger partial charge in [-0.15, -0.1) is 0 Å². The first-order valence-electron chi connectivity index (χ1n) is 6.73. The van der Waals surface area contributed by atoms with Gasteiger partial charge in [-0.25, -0.2) is 0 Å². The van der Waals surface area contributed by atoms with E-state index in [2.05, 4.69) is 37.4 Å². The average molecular weight is 260 g/mol. The highest BCUT2D eigenvalue weighted by atomic mass is 32.2. The predicted octanol–water partition coefficient (Wildman–Crippen LogP) is 4.13. The van der Waals surface area contributed by atoms with Gasteiger partial charge in [-0.2, -0.15) is 0 Å². The van der Waals surface area contributed by atoms with Crippen molar-refractivity contribution in [2.45, 2.75) is 45.1 Å². The molecular weight excluding hydrogens is 240 g/mol. The zero-order valence-electron chi connectivity index (χ0n) is 11.1. The van der Waals surface area contributed by atoms with Crippen molar-refractivity contribution in [3.63, 3.8) is 0 Å². The van der Waals surface area contributed by atoms with E-state index in [0.29, 0.717) is 0 Å². The zero-order valence-corrected chi connectivity index (χ0v) is 11.9. The van der Waals surface area contributed by atoms with Gasteiger partial charge < -0.3 is 5.32 Å². The first-order chi connectivity index (χ1) is 8.65. The largest absolute Gasteiger partial charge is 0.335 e. The minimum absolute atomic E-state index is 0.270. The van der Waals surface area contributed by atoms with Gasteiger partial charge in [0.2, 0.25) is 0 Å². The summed E-state index contributed by atoms with van der Waals surface area (Å²) in [5.74, 6) is 1.17. The van der Waals surface area contributed by atoms with E-state index in [0.717, 1.165) is 5.17 Å². The van der Waals surface area contributed by atoms with Gasteiger partial charge in [0, 0.05) is 11.4 Å². The molecule has 1 saturated carbocycles. The normalized spacial score (nSPS) is 21.3. The number of thioether (sulfide) groups is 1. The van der Waals surface area contributed by atoms with Crippen molar-refractivity contribution in [1.82, 2.24) is 0 Å². The Morgan fingerprint density at radius 3 is 2.44 bits per heavy atom. The second kappa shape index (κ2) is 4.61. The highest BCUT2D eigenvalue weighted by Gasteiger charge is 2.38. The van der Waals surface area contributed by atoms with Crippen LogP contribution in [0.1, 0.15) is 36.8 Å². The molecule has 2 aliphatic rings. The van der Waals surface area contributed by atoms with Gasteiger partial charge in [0.05, 0.1) is 5.54 Å². The molecule has 1 N–H and O–H groups in total. The van der Waals surface area contributed by atoms with E-state index in [-0.39, 0.29) is 5.54 Å². The van der Waals surface area contributed by atoms with Crippen molar-refractivity contribution in [3.05, 3.63) is 29.3 Å². The summed E-state index contributed by atoms with van der Waals surface area (Å²) < 4.78 is 0. The van der Waals surface area contributed by atoms with Crippen molar-refractivity contribution in [2.75, 3.05) is 11.1 Å². The molecule has 1 aliphatic heterocycles. The van der Waals surface area contributed by atoms with E-state index in [9.17, 15) is 0 Å². The molecule has 0 atom stereocenters. The molecule has 1 aromatic carbocycles. The fraction of sp³-hybridized carbons (Fsp3) is 0.533. The molecule has 0 saturated heterocycles. The van der Waals surface area contributed by atoms with Gasteiger partial charge in [0.15, 0.2) is 5.17 Å². The van der Waals surface area contributed by atoms with Crippen molar-refractivity contribution in [1.29, 1.82) is 0 Å². The quantitative estimate of drug-likeness (QED) is 0.821. The first kappa shape index (κ1) is 12.1. The molecule has 1 aliphatic carbocycles. The molecule has 18 heavy (non-hydrogen) atoms. The van der Waals surface area contributed by atoms with E-state index < -0.39 is 0 Å². The van der Waals surface area contributed by atoms with Crippen LogP contribution in [0.2, 0.25) is 0 Å². The number of aryl methyl sites for hydroxylation is 2. The third-order valence-electron chi connectivity index (χ3n) is 3.82. The summed E-state index contributed by atoms with van der Waals surface area (Å²) >= 11 is 1.88. The first-order valence-corrected chi connectivity index (χ1v) is 7.72. The molecule has 1 aromatic rings. The highest BCUT2D eigenvalue weighted by molar-refractivity contribution is 8.14. The number of hydrogen-bond acceptors (Lipinski definition) is 3. The van der Waals surface area contributed by atoms with Crippen LogP contribution in [0.25, 0.3) is 0 Å². The van der Waals surface area contributed by atoms with Crippen molar-refractivity contribution < 1.29 is 0 Å². The van der Waals surface area contributed by atoms with Gasteiger partial charge in [-0.1, -0.05) is 30.7 Å². The summed E-state index contributed by atoms with van der Waals surface area (Å²) in [4.78, 5) is 4.94. The van der Waals surface area contributed by atoms with E-state index in [4.69, 9.17) is 4.99 Å². The number of amidine groups is 1. The molecule has 3 heteroatoms. The van der Waals surface area contributed by atoms with Crippen LogP contribution < -0.4 is 5.32 Å². The molecule has 0 bridgehead atoms. The molecule has 2 nitrogen and oxygen atoms in total. The van der Waals surface area contributed by atoms with Crippen molar-refractivity contribution >= 4 is 22.6 Å². The molecule has 1 fully saturated rings. The Kier molecular flexibility index (Phi) is 3.10. The molecule has 0 aromatic heterocycles. The second-order valence-electron chi connectivity index (χ2n) is 5.64. The maximum absolute atomic E-state index is 4.94. The number of hydrogen-bond donors (Lipinski definition) is 1. The number of benzene rings is 1. The predicted molar refractivity (Wildman–Crippen MR) is 80.6 cm³/mol. The fourth-order valence-corrected chi connectivity index (χ4v) is 4.21. The lowest BCUT2D eigenvalue weighted by atomic mass is 10.0. The van der Waals surface area contributed by atoms with Crippen LogP contribution in [0.3, 0.4) is 0 Å². The van der Waals surface area contributed by atoms with Crippen molar-refractivity contribution in [3.8, 4) is 0 Å². The highest BCUT2D eigenvalue weighted by Crippen LogP contribution is 2.41. The van der Waals surface area contributed by atoms with E-state index in [1.165, 1.54) is 48.3 Å². The number of aliphatic imine (C=N–C) groups is 1. The fourth-order valence-electron chi connectivity index (χ4n) is 3.01. The van der Waals surface area contributed by atoms with Crippen LogP contribution in [0.15, 0.2) is 23.2 Å². The molecule has 0 unspecified atom stereocenters. The Morgan fingerprint density at radius 1 is 1.11 bits per heavy atom. The third kappa shape index (κ3) is 2.41. The Bertz CT molecular complexity index is 467. The molecule has 0 radical (unpaired) electrons. The molecule has 1 heterocycles. The summed E-state index contributed by atoms with van der Waals surface area (Å²) in [6.45, 7) is 4.28. The third-order valence-corrected chi connectivity index (χ3v) is 4.97. The minimum Gasteiger partial charge on any atom is -0.335 e. The average Bonchev–Trinajstić information content (AvgIpc) is 2.89. The Balaban J connectivity index is 1.77. The molecule has 3 rings (SSSR count). The second-order valence-corrected chi connectivity index (χ2v) is 6.60. The van der Waals surface area contributed by atoms with Crippen LogP contribution in [0.5, 0.6) is 0 Å². The standard InChI is InChI=1S/C15H20N2S/c1-11-7-12(2)9-13(8-11)16-14-17-15(10-18-14)5-3-4-6-15/h7-9H,3-6,10H2,1-2H3,(H,16,17). The minimum atomic E-state index is 0.270. The smallest absolute Gasteiger partial charge is 0.161 e. The topological polar surface area (TPSA) is 24.4 Å². The van der Waals surface area contributed by atoms with Crippen LogP contribution in [-0.2, 0) is 0 Å². The maximum atomic E-state index is 4.94. The lowest BCUT2D eigenvalue weighted by Crippen LogP contribution is -2.21. The van der Waals surface area contributed by atoms with Crippen LogP contribution in [-0.4, -0.2) is 16.5 Å². The summed E-state index contributed by atoms with van der Waals surface area (Å²) in [6, 6.07) is 6.58. The SMILES string of the molecule is Cc1cc(C)cc(NC2=NC3(CCCC3)CS2)c1. The number of nitrogens with one attached hydrogen (secondary N) is 1. The Morgan fingerprint density at radius 2 is 1.78 bits per heavy atom.